The van der Waals surface area contributed by atoms with Gasteiger partial charge in [0.25, 0.3) is 5.91 Å². The SMILES string of the molecule is CCc1cc(C(=O)NC2CCCCC2O)n(C)n1. The van der Waals surface area contributed by atoms with E-state index in [9.17, 15) is 9.90 Å². The molecule has 0 radical (unpaired) electrons. The summed E-state index contributed by atoms with van der Waals surface area (Å²) >= 11 is 0. The van der Waals surface area contributed by atoms with Gasteiger partial charge in [0.1, 0.15) is 5.69 Å². The van der Waals surface area contributed by atoms with Gasteiger partial charge in [-0.25, -0.2) is 0 Å². The zero-order valence-electron chi connectivity index (χ0n) is 11.0. The summed E-state index contributed by atoms with van der Waals surface area (Å²) in [5.41, 5.74) is 1.47. The van der Waals surface area contributed by atoms with Crippen LogP contribution in [0.25, 0.3) is 0 Å². The van der Waals surface area contributed by atoms with Crippen molar-refractivity contribution in [2.24, 2.45) is 7.05 Å². The molecule has 5 heteroatoms. The molecule has 0 spiro atoms. The first-order valence-electron chi connectivity index (χ1n) is 6.63. The highest BCUT2D eigenvalue weighted by atomic mass is 16.3. The molecule has 1 heterocycles. The minimum Gasteiger partial charge on any atom is -0.391 e. The fourth-order valence-corrected chi connectivity index (χ4v) is 2.43. The van der Waals surface area contributed by atoms with Gasteiger partial charge in [0, 0.05) is 7.05 Å². The van der Waals surface area contributed by atoms with Crippen LogP contribution < -0.4 is 5.32 Å². The number of aromatic nitrogens is 2. The number of hydrogen-bond acceptors (Lipinski definition) is 3. The molecule has 2 atom stereocenters. The largest absolute Gasteiger partial charge is 0.391 e. The summed E-state index contributed by atoms with van der Waals surface area (Å²) < 4.78 is 1.60. The van der Waals surface area contributed by atoms with Gasteiger partial charge in [-0.15, -0.1) is 0 Å². The van der Waals surface area contributed by atoms with E-state index in [1.165, 1.54) is 0 Å². The number of hydrogen-bond donors (Lipinski definition) is 2. The van der Waals surface area contributed by atoms with Crippen molar-refractivity contribution in [3.8, 4) is 0 Å². The smallest absolute Gasteiger partial charge is 0.269 e. The van der Waals surface area contributed by atoms with Gasteiger partial charge >= 0.3 is 0 Å². The topological polar surface area (TPSA) is 67.2 Å². The molecule has 1 aliphatic rings. The summed E-state index contributed by atoms with van der Waals surface area (Å²) in [6.07, 6.45) is 4.13. The second-order valence-corrected chi connectivity index (χ2v) is 4.93. The number of amides is 1. The maximum atomic E-state index is 12.1. The number of nitrogens with one attached hydrogen (secondary N) is 1. The first-order valence-corrected chi connectivity index (χ1v) is 6.63. The van der Waals surface area contributed by atoms with Crippen molar-refractivity contribution in [1.82, 2.24) is 15.1 Å². The van der Waals surface area contributed by atoms with Crippen LogP contribution in [0.15, 0.2) is 6.07 Å². The van der Waals surface area contributed by atoms with Gasteiger partial charge in [-0.05, 0) is 25.3 Å². The van der Waals surface area contributed by atoms with E-state index >= 15 is 0 Å². The van der Waals surface area contributed by atoms with Crippen LogP contribution in [0, 0.1) is 0 Å². The number of nitrogens with zero attached hydrogens (tertiary/aromatic N) is 2. The minimum atomic E-state index is -0.415. The molecule has 5 nitrogen and oxygen atoms in total. The Morgan fingerprint density at radius 2 is 2.28 bits per heavy atom. The van der Waals surface area contributed by atoms with Crippen molar-refractivity contribution in [1.29, 1.82) is 0 Å². The average molecular weight is 251 g/mol. The van der Waals surface area contributed by atoms with Gasteiger partial charge < -0.3 is 10.4 Å². The lowest BCUT2D eigenvalue weighted by Gasteiger charge is -2.28. The normalized spacial score (nSPS) is 23.9. The predicted molar refractivity (Wildman–Crippen MR) is 68.3 cm³/mol. The van der Waals surface area contributed by atoms with E-state index in [4.69, 9.17) is 0 Å². The molecule has 1 fully saturated rings. The van der Waals surface area contributed by atoms with E-state index in [2.05, 4.69) is 10.4 Å². The first-order chi connectivity index (χ1) is 8.61. The Bertz CT molecular complexity index is 428. The standard InChI is InChI=1S/C13H21N3O2/c1-3-9-8-11(16(2)15-9)13(18)14-10-6-4-5-7-12(10)17/h8,10,12,17H,3-7H2,1-2H3,(H,14,18). The maximum absolute atomic E-state index is 12.1. The highest BCUT2D eigenvalue weighted by Gasteiger charge is 2.25. The quantitative estimate of drug-likeness (QED) is 0.842. The Morgan fingerprint density at radius 1 is 1.56 bits per heavy atom. The van der Waals surface area contributed by atoms with Crippen LogP contribution >= 0.6 is 0 Å². The van der Waals surface area contributed by atoms with Crippen molar-refractivity contribution in [2.45, 2.75) is 51.2 Å². The van der Waals surface area contributed by atoms with Crippen LogP contribution in [-0.2, 0) is 13.5 Å². The highest BCUT2D eigenvalue weighted by molar-refractivity contribution is 5.92. The average Bonchev–Trinajstić information content (AvgIpc) is 2.73. The molecule has 1 saturated carbocycles. The lowest BCUT2D eigenvalue weighted by Crippen LogP contribution is -2.45. The molecule has 1 amide bonds. The number of aryl methyl sites for hydroxylation is 2. The molecule has 2 N–H and O–H groups in total. The first kappa shape index (κ1) is 13.1. The van der Waals surface area contributed by atoms with E-state index in [1.807, 2.05) is 13.0 Å². The van der Waals surface area contributed by atoms with Crippen molar-refractivity contribution in [3.63, 3.8) is 0 Å². The van der Waals surface area contributed by atoms with Crippen LogP contribution in [0.4, 0.5) is 0 Å². The molecule has 1 aromatic rings. The summed E-state index contributed by atoms with van der Waals surface area (Å²) in [6, 6.07) is 1.69. The molecule has 0 aromatic carbocycles. The van der Waals surface area contributed by atoms with Crippen LogP contribution in [0.2, 0.25) is 0 Å². The Labute approximate surface area is 107 Å². The number of carbonyl (C=O) groups excluding carboxylic acids is 1. The third-order valence-electron chi connectivity index (χ3n) is 3.57. The van der Waals surface area contributed by atoms with Gasteiger partial charge in [-0.3, -0.25) is 9.48 Å². The lowest BCUT2D eigenvalue weighted by atomic mass is 9.92. The summed E-state index contributed by atoms with van der Waals surface area (Å²) in [5.74, 6) is -0.143. The van der Waals surface area contributed by atoms with Gasteiger partial charge in [-0.2, -0.15) is 5.10 Å². The molecule has 0 bridgehead atoms. The summed E-state index contributed by atoms with van der Waals surface area (Å²) in [4.78, 5) is 12.1. The van der Waals surface area contributed by atoms with E-state index in [0.717, 1.165) is 37.8 Å². The van der Waals surface area contributed by atoms with Gasteiger partial charge in [0.2, 0.25) is 0 Å². The van der Waals surface area contributed by atoms with Crippen molar-refractivity contribution >= 4 is 5.91 Å². The highest BCUT2D eigenvalue weighted by Crippen LogP contribution is 2.18. The summed E-state index contributed by atoms with van der Waals surface area (Å²) in [5, 5.41) is 17.0. The Kier molecular flexibility index (Phi) is 4.01. The van der Waals surface area contributed by atoms with E-state index in [-0.39, 0.29) is 11.9 Å². The fraction of sp³-hybridized carbons (Fsp3) is 0.692. The minimum absolute atomic E-state index is 0.119. The lowest BCUT2D eigenvalue weighted by molar-refractivity contribution is 0.0710. The van der Waals surface area contributed by atoms with Crippen LogP contribution in [0.5, 0.6) is 0 Å². The molecule has 100 valence electrons. The monoisotopic (exact) mass is 251 g/mol. The third kappa shape index (κ3) is 2.72. The maximum Gasteiger partial charge on any atom is 0.269 e. The van der Waals surface area contributed by atoms with E-state index in [1.54, 1.807) is 11.7 Å². The third-order valence-corrected chi connectivity index (χ3v) is 3.57. The summed E-state index contributed by atoms with van der Waals surface area (Å²) in [7, 11) is 1.77. The number of aliphatic hydroxyl groups excluding tert-OH is 1. The number of rotatable bonds is 3. The molecule has 0 saturated heterocycles. The molecular weight excluding hydrogens is 230 g/mol. The zero-order valence-corrected chi connectivity index (χ0v) is 11.0. The molecule has 2 unspecified atom stereocenters. The van der Waals surface area contributed by atoms with Crippen LogP contribution in [0.1, 0.15) is 48.8 Å². The number of aliphatic hydroxyl groups is 1. The van der Waals surface area contributed by atoms with Crippen molar-refractivity contribution in [3.05, 3.63) is 17.5 Å². The van der Waals surface area contributed by atoms with Crippen LogP contribution in [-0.4, -0.2) is 32.9 Å². The molecule has 2 rings (SSSR count). The Morgan fingerprint density at radius 3 is 2.89 bits per heavy atom. The Balaban J connectivity index is 2.04. The van der Waals surface area contributed by atoms with E-state index in [0.29, 0.717) is 5.69 Å². The summed E-state index contributed by atoms with van der Waals surface area (Å²) in [6.45, 7) is 2.01. The molecule has 18 heavy (non-hydrogen) atoms. The van der Waals surface area contributed by atoms with Gasteiger partial charge in [0.15, 0.2) is 0 Å². The molecule has 0 aliphatic heterocycles. The Hall–Kier alpha value is -1.36. The van der Waals surface area contributed by atoms with Gasteiger partial charge in [0.05, 0.1) is 17.8 Å². The fourth-order valence-electron chi connectivity index (χ4n) is 2.43. The second kappa shape index (κ2) is 5.52. The zero-order chi connectivity index (χ0) is 13.1. The number of carbonyl (C=O) groups is 1. The van der Waals surface area contributed by atoms with Crippen molar-refractivity contribution < 1.29 is 9.90 Å². The van der Waals surface area contributed by atoms with Gasteiger partial charge in [-0.1, -0.05) is 19.8 Å². The molecular formula is C13H21N3O2. The van der Waals surface area contributed by atoms with Crippen LogP contribution in [0.3, 0.4) is 0 Å². The second-order valence-electron chi connectivity index (χ2n) is 4.93. The van der Waals surface area contributed by atoms with E-state index < -0.39 is 6.10 Å². The predicted octanol–water partition coefficient (Wildman–Crippen LogP) is 1.02. The molecule has 1 aromatic heterocycles. The van der Waals surface area contributed by atoms with Crippen molar-refractivity contribution in [2.75, 3.05) is 0 Å². The molecule has 1 aliphatic carbocycles.